The summed E-state index contributed by atoms with van der Waals surface area (Å²) in [5.41, 5.74) is 1.57. The molecular formula is C33H38BrNO5. The Morgan fingerprint density at radius 1 is 0.850 bits per heavy atom. The summed E-state index contributed by atoms with van der Waals surface area (Å²) in [6, 6.07) is 27.5. The molecule has 4 atom stereocenters. The van der Waals surface area contributed by atoms with Crippen LogP contribution in [0.2, 0.25) is 0 Å². The van der Waals surface area contributed by atoms with Crippen molar-refractivity contribution in [2.45, 2.75) is 68.9 Å². The average molecular weight is 609 g/mol. The molecule has 2 aliphatic heterocycles. The molecule has 0 unspecified atom stereocenters. The number of aryl methyl sites for hydroxylation is 1. The van der Waals surface area contributed by atoms with Crippen molar-refractivity contribution in [3.63, 3.8) is 0 Å². The Hall–Kier alpha value is -3.00. The largest absolute Gasteiger partial charge is 1.00 e. The normalized spacial score (nSPS) is 23.6. The van der Waals surface area contributed by atoms with Crippen LogP contribution in [0.15, 0.2) is 84.9 Å². The van der Waals surface area contributed by atoms with Gasteiger partial charge in [-0.15, -0.1) is 0 Å². The molecule has 2 saturated heterocycles. The van der Waals surface area contributed by atoms with Gasteiger partial charge in [-0.25, -0.2) is 4.79 Å². The smallest absolute Gasteiger partial charge is 0.347 e. The summed E-state index contributed by atoms with van der Waals surface area (Å²) in [6.07, 6.45) is 4.63. The maximum Gasteiger partial charge on any atom is 0.347 e. The highest BCUT2D eigenvalue weighted by Gasteiger charge is 2.53. The number of fused-ring (bicyclic) bond motifs is 2. The summed E-state index contributed by atoms with van der Waals surface area (Å²) in [7, 11) is 3.75. The predicted octanol–water partition coefficient (Wildman–Crippen LogP) is 1.92. The zero-order valence-corrected chi connectivity index (χ0v) is 24.8. The van der Waals surface area contributed by atoms with E-state index < -0.39 is 11.6 Å². The molecule has 2 bridgehead atoms. The van der Waals surface area contributed by atoms with Crippen molar-refractivity contribution in [2.24, 2.45) is 0 Å². The Labute approximate surface area is 247 Å². The Morgan fingerprint density at radius 3 is 1.85 bits per heavy atom. The number of piperidine rings is 1. The number of hydrogen-bond donors (Lipinski definition) is 1. The van der Waals surface area contributed by atoms with Gasteiger partial charge in [0.25, 0.3) is 0 Å². The van der Waals surface area contributed by atoms with Gasteiger partial charge in [-0.05, 0) is 23.1 Å². The number of quaternary nitrogens is 1. The SMILES string of the molecule is COC(=O)CCc1ccc(C[N@+]2(C)[C@@H]3CC[C@H]2C[C@@H](OC(=O)C(O)(c2ccccc2)c2ccccc2)C3)cc1.[Br-]. The van der Waals surface area contributed by atoms with Gasteiger partial charge < -0.3 is 36.0 Å². The molecule has 2 fully saturated rings. The molecule has 7 heteroatoms. The van der Waals surface area contributed by atoms with E-state index in [9.17, 15) is 14.7 Å². The number of aliphatic hydroxyl groups is 1. The summed E-state index contributed by atoms with van der Waals surface area (Å²) >= 11 is 0. The standard InChI is InChI=1S/C33H38NO5.BrH/c1-34(23-25-15-13-24(14-16-25)17-20-31(35)38-2)28-18-19-29(34)22-30(21-28)39-32(36)33(37,26-9-5-3-6-10-26)27-11-7-4-8-12-27;/h3-16,28-30,37H,17-23H2,1-2H3;1H/q+1;/p-1/t28-,29+,30+,34-;. The molecule has 0 aromatic heterocycles. The molecule has 3 aromatic rings. The van der Waals surface area contributed by atoms with E-state index in [1.807, 2.05) is 36.4 Å². The van der Waals surface area contributed by atoms with Crippen molar-refractivity contribution in [1.82, 2.24) is 0 Å². The van der Waals surface area contributed by atoms with Crippen LogP contribution in [0.5, 0.6) is 0 Å². The fourth-order valence-electron chi connectivity index (χ4n) is 6.60. The van der Waals surface area contributed by atoms with Crippen LogP contribution in [-0.2, 0) is 37.6 Å². The molecule has 2 aliphatic rings. The van der Waals surface area contributed by atoms with Gasteiger partial charge in [-0.3, -0.25) is 4.79 Å². The van der Waals surface area contributed by atoms with Crippen molar-refractivity contribution >= 4 is 11.9 Å². The van der Waals surface area contributed by atoms with Crippen LogP contribution in [0, 0.1) is 0 Å². The molecule has 0 radical (unpaired) electrons. The summed E-state index contributed by atoms with van der Waals surface area (Å²) in [4.78, 5) is 25.1. The van der Waals surface area contributed by atoms with E-state index >= 15 is 0 Å². The van der Waals surface area contributed by atoms with Crippen LogP contribution in [0.4, 0.5) is 0 Å². The second-order valence-electron chi connectivity index (χ2n) is 11.2. The van der Waals surface area contributed by atoms with E-state index in [-0.39, 0.29) is 29.1 Å². The number of benzene rings is 3. The number of carbonyl (C=O) groups is 2. The highest BCUT2D eigenvalue weighted by molar-refractivity contribution is 5.85. The number of halogens is 1. The lowest BCUT2D eigenvalue weighted by Crippen LogP contribution is -3.00. The van der Waals surface area contributed by atoms with Crippen LogP contribution >= 0.6 is 0 Å². The maximum absolute atomic E-state index is 13.7. The second kappa shape index (κ2) is 12.7. The molecule has 0 amide bonds. The molecule has 0 spiro atoms. The van der Waals surface area contributed by atoms with Crippen LogP contribution in [0.25, 0.3) is 0 Å². The van der Waals surface area contributed by atoms with E-state index in [0.29, 0.717) is 36.1 Å². The van der Waals surface area contributed by atoms with Crippen molar-refractivity contribution in [3.05, 3.63) is 107 Å². The lowest BCUT2D eigenvalue weighted by Gasteiger charge is -2.47. The summed E-state index contributed by atoms with van der Waals surface area (Å²) < 4.78 is 11.8. The second-order valence-corrected chi connectivity index (χ2v) is 11.2. The Balaban J connectivity index is 0.00000370. The van der Waals surface area contributed by atoms with E-state index in [2.05, 4.69) is 31.3 Å². The average Bonchev–Trinajstić information content (AvgIpc) is 3.12. The van der Waals surface area contributed by atoms with Gasteiger partial charge in [-0.2, -0.15) is 0 Å². The van der Waals surface area contributed by atoms with Crippen molar-refractivity contribution < 1.29 is 45.6 Å². The lowest BCUT2D eigenvalue weighted by molar-refractivity contribution is -0.961. The molecule has 3 aromatic carbocycles. The van der Waals surface area contributed by atoms with Gasteiger partial charge in [0.05, 0.1) is 26.2 Å². The lowest BCUT2D eigenvalue weighted by atomic mass is 9.86. The Bertz CT molecular complexity index is 1230. The Kier molecular flexibility index (Phi) is 9.49. The molecule has 212 valence electrons. The fourth-order valence-corrected chi connectivity index (χ4v) is 6.60. The summed E-state index contributed by atoms with van der Waals surface area (Å²) in [5, 5.41) is 11.8. The first-order chi connectivity index (χ1) is 18.8. The third-order valence-corrected chi connectivity index (χ3v) is 8.92. The number of esters is 2. The third kappa shape index (κ3) is 6.02. The highest BCUT2D eigenvalue weighted by atomic mass is 79.9. The molecular weight excluding hydrogens is 570 g/mol. The number of rotatable bonds is 9. The number of methoxy groups -OCH3 is 1. The van der Waals surface area contributed by atoms with E-state index in [4.69, 9.17) is 9.47 Å². The van der Waals surface area contributed by atoms with Crippen molar-refractivity contribution in [1.29, 1.82) is 0 Å². The molecule has 6 nitrogen and oxygen atoms in total. The topological polar surface area (TPSA) is 72.8 Å². The van der Waals surface area contributed by atoms with Crippen molar-refractivity contribution in [3.8, 4) is 0 Å². The molecule has 0 saturated carbocycles. The van der Waals surface area contributed by atoms with Gasteiger partial charge in [0.2, 0.25) is 5.60 Å². The molecule has 1 N–H and O–H groups in total. The number of ether oxygens (including phenoxy) is 2. The minimum Gasteiger partial charge on any atom is -1.00 e. The number of hydrogen-bond acceptors (Lipinski definition) is 5. The van der Waals surface area contributed by atoms with Gasteiger partial charge in [0, 0.05) is 37.7 Å². The molecule has 5 rings (SSSR count). The predicted molar refractivity (Wildman–Crippen MR) is 148 cm³/mol. The molecule has 0 aliphatic carbocycles. The summed E-state index contributed by atoms with van der Waals surface area (Å²) in [6.45, 7) is 0.922. The van der Waals surface area contributed by atoms with Gasteiger partial charge >= 0.3 is 11.9 Å². The zero-order valence-electron chi connectivity index (χ0n) is 23.2. The zero-order chi connectivity index (χ0) is 27.5. The maximum atomic E-state index is 13.7. The minimum atomic E-state index is -1.85. The van der Waals surface area contributed by atoms with E-state index in [1.54, 1.807) is 24.3 Å². The van der Waals surface area contributed by atoms with Crippen LogP contribution < -0.4 is 17.0 Å². The van der Waals surface area contributed by atoms with Crippen LogP contribution in [-0.4, -0.2) is 53.9 Å². The summed E-state index contributed by atoms with van der Waals surface area (Å²) in [5.74, 6) is -0.800. The first kappa shape index (κ1) is 30.0. The van der Waals surface area contributed by atoms with Crippen LogP contribution in [0.3, 0.4) is 0 Å². The number of carbonyl (C=O) groups excluding carboxylic acids is 2. The van der Waals surface area contributed by atoms with E-state index in [1.165, 1.54) is 12.7 Å². The molecule has 2 heterocycles. The first-order valence-corrected chi connectivity index (χ1v) is 13.9. The quantitative estimate of drug-likeness (QED) is 0.297. The Morgan fingerprint density at radius 2 is 1.35 bits per heavy atom. The molecule has 40 heavy (non-hydrogen) atoms. The van der Waals surface area contributed by atoms with Gasteiger partial charge in [-0.1, -0.05) is 84.9 Å². The van der Waals surface area contributed by atoms with Gasteiger partial charge in [0.15, 0.2) is 0 Å². The monoisotopic (exact) mass is 607 g/mol. The number of nitrogens with zero attached hydrogens (tertiary/aromatic N) is 1. The fraction of sp³-hybridized carbons (Fsp3) is 0.394. The minimum absolute atomic E-state index is 0. The van der Waals surface area contributed by atoms with E-state index in [0.717, 1.165) is 42.3 Å². The third-order valence-electron chi connectivity index (χ3n) is 8.92. The first-order valence-electron chi connectivity index (χ1n) is 13.9. The van der Waals surface area contributed by atoms with Gasteiger partial charge in [0.1, 0.15) is 12.6 Å². The highest BCUT2D eigenvalue weighted by Crippen LogP contribution is 2.44. The van der Waals surface area contributed by atoms with Crippen LogP contribution in [0.1, 0.15) is 54.4 Å². The van der Waals surface area contributed by atoms with Crippen molar-refractivity contribution in [2.75, 3.05) is 14.2 Å².